The van der Waals surface area contributed by atoms with Crippen LogP contribution in [0.4, 0.5) is 27.6 Å². The molecule has 176 valence electrons. The number of hydrogen-bond donors (Lipinski definition) is 1. The molecule has 3 aromatic carbocycles. The fraction of sp³-hybridized carbons (Fsp3) is 0.167. The quantitative estimate of drug-likeness (QED) is 0.490. The Morgan fingerprint density at radius 2 is 1.56 bits per heavy atom. The largest absolute Gasteiger partial charge is 0.348 e. The molecule has 0 saturated carbocycles. The first-order chi connectivity index (χ1) is 16.1. The molecule has 4 rings (SSSR count). The Hall–Kier alpha value is -3.40. The fourth-order valence-corrected chi connectivity index (χ4v) is 4.65. The normalized spacial score (nSPS) is 15.3. The maximum absolute atomic E-state index is 13.9. The minimum Gasteiger partial charge on any atom is -0.348 e. The summed E-state index contributed by atoms with van der Waals surface area (Å²) in [6.45, 7) is 1.05. The van der Waals surface area contributed by atoms with Gasteiger partial charge >= 0.3 is 0 Å². The zero-order chi connectivity index (χ0) is 24.6. The van der Waals surface area contributed by atoms with E-state index < -0.39 is 52.4 Å². The molecule has 34 heavy (non-hydrogen) atoms. The lowest BCUT2D eigenvalue weighted by atomic mass is 10.1. The Bertz CT molecular complexity index is 1260. The van der Waals surface area contributed by atoms with Crippen LogP contribution in [-0.2, 0) is 17.9 Å². The molecular weight excluding hydrogens is 475 g/mol. The van der Waals surface area contributed by atoms with E-state index in [9.17, 15) is 31.5 Å². The van der Waals surface area contributed by atoms with E-state index in [0.717, 1.165) is 18.2 Å². The number of carbonyl (C=O) groups excluding carboxylic acids is 2. The third-order valence-electron chi connectivity index (χ3n) is 5.22. The summed E-state index contributed by atoms with van der Waals surface area (Å²) in [4.78, 5) is 27.5. The van der Waals surface area contributed by atoms with E-state index in [1.807, 2.05) is 0 Å². The zero-order valence-corrected chi connectivity index (χ0v) is 18.5. The van der Waals surface area contributed by atoms with Gasteiger partial charge in [0.15, 0.2) is 0 Å². The summed E-state index contributed by atoms with van der Waals surface area (Å²) in [5, 5.41) is 1.91. The Morgan fingerprint density at radius 1 is 0.941 bits per heavy atom. The second kappa shape index (κ2) is 9.46. The second-order valence-corrected chi connectivity index (χ2v) is 9.06. The van der Waals surface area contributed by atoms with E-state index in [1.54, 1.807) is 13.0 Å². The minimum atomic E-state index is -1.13. The molecule has 2 amide bonds. The van der Waals surface area contributed by atoms with E-state index in [0.29, 0.717) is 22.7 Å². The van der Waals surface area contributed by atoms with Gasteiger partial charge in [-0.3, -0.25) is 9.59 Å². The van der Waals surface area contributed by atoms with Crippen molar-refractivity contribution in [3.63, 3.8) is 0 Å². The van der Waals surface area contributed by atoms with Crippen molar-refractivity contribution < 1.29 is 31.5 Å². The molecule has 1 heterocycles. The average molecular weight is 492 g/mol. The van der Waals surface area contributed by atoms with Gasteiger partial charge in [-0.1, -0.05) is 0 Å². The number of hydrogen-bond acceptors (Lipinski definition) is 3. The first kappa shape index (κ1) is 23.7. The van der Waals surface area contributed by atoms with Crippen LogP contribution in [-0.4, -0.2) is 17.1 Å². The van der Waals surface area contributed by atoms with Crippen LogP contribution in [0.3, 0.4) is 0 Å². The van der Waals surface area contributed by atoms with E-state index in [-0.39, 0.29) is 23.6 Å². The van der Waals surface area contributed by atoms with Gasteiger partial charge in [0.1, 0.15) is 29.1 Å². The van der Waals surface area contributed by atoms with Gasteiger partial charge in [-0.05, 0) is 42.8 Å². The molecule has 0 radical (unpaired) electrons. The van der Waals surface area contributed by atoms with Crippen LogP contribution in [0.2, 0.25) is 0 Å². The summed E-state index contributed by atoms with van der Waals surface area (Å²) in [7, 11) is 0. The number of halogens is 5. The molecule has 0 saturated heterocycles. The summed E-state index contributed by atoms with van der Waals surface area (Å²) in [6, 6.07) is 8.52. The molecule has 10 heteroatoms. The number of rotatable bonds is 5. The van der Waals surface area contributed by atoms with Crippen LogP contribution >= 0.6 is 11.8 Å². The van der Waals surface area contributed by atoms with Crippen molar-refractivity contribution in [2.75, 3.05) is 4.90 Å². The second-order valence-electron chi connectivity index (χ2n) is 7.68. The van der Waals surface area contributed by atoms with Gasteiger partial charge in [-0.2, -0.15) is 0 Å². The first-order valence-electron chi connectivity index (χ1n) is 10.1. The third kappa shape index (κ3) is 4.91. The Balaban J connectivity index is 1.60. The zero-order valence-electron chi connectivity index (χ0n) is 17.7. The average Bonchev–Trinajstić information content (AvgIpc) is 2.75. The topological polar surface area (TPSA) is 49.4 Å². The van der Waals surface area contributed by atoms with Gasteiger partial charge in [0.25, 0.3) is 5.91 Å². The lowest BCUT2D eigenvalue weighted by Crippen LogP contribution is -2.39. The fourth-order valence-electron chi connectivity index (χ4n) is 3.61. The predicted molar refractivity (Wildman–Crippen MR) is 117 cm³/mol. The van der Waals surface area contributed by atoms with E-state index in [2.05, 4.69) is 5.32 Å². The number of anilines is 1. The molecule has 4 nitrogen and oxygen atoms in total. The highest BCUT2D eigenvalue weighted by molar-refractivity contribution is 8.01. The molecular formula is C24H17F5N2O2S. The van der Waals surface area contributed by atoms with Crippen molar-refractivity contribution in [3.8, 4) is 0 Å². The van der Waals surface area contributed by atoms with Gasteiger partial charge in [0.05, 0.1) is 17.5 Å². The molecule has 1 N–H and O–H groups in total. The molecule has 0 spiro atoms. The molecule has 1 unspecified atom stereocenters. The lowest BCUT2D eigenvalue weighted by molar-refractivity contribution is -0.118. The standard InChI is InChI=1S/C24H17F5N2O2S/c1-12-24(33)31(11-13-4-15(25)7-16(26)5-13)21-6-14(2-3-22(21)34-12)23(32)30-10-18-19(28)8-17(27)9-20(18)29/h2-9,12H,10-11H2,1H3,(H,30,32). The van der Waals surface area contributed by atoms with Gasteiger partial charge in [-0.25, -0.2) is 22.0 Å². The summed E-state index contributed by atoms with van der Waals surface area (Å²) in [5.41, 5.74) is 0.194. The van der Waals surface area contributed by atoms with Crippen LogP contribution in [0, 0.1) is 29.1 Å². The Kier molecular flexibility index (Phi) is 6.60. The van der Waals surface area contributed by atoms with Crippen molar-refractivity contribution in [3.05, 3.63) is 94.3 Å². The number of amides is 2. The number of benzene rings is 3. The summed E-state index contributed by atoms with van der Waals surface area (Å²) in [6.07, 6.45) is 0. The maximum atomic E-state index is 13.9. The Morgan fingerprint density at radius 3 is 2.21 bits per heavy atom. The van der Waals surface area contributed by atoms with Gasteiger partial charge < -0.3 is 10.2 Å². The van der Waals surface area contributed by atoms with Crippen molar-refractivity contribution in [1.29, 1.82) is 0 Å². The molecule has 0 fully saturated rings. The Labute approximate surface area is 195 Å². The lowest BCUT2D eigenvalue weighted by Gasteiger charge is -2.32. The molecule has 0 aliphatic carbocycles. The highest BCUT2D eigenvalue weighted by atomic mass is 32.2. The highest BCUT2D eigenvalue weighted by Crippen LogP contribution is 2.40. The van der Waals surface area contributed by atoms with Crippen LogP contribution in [0.15, 0.2) is 53.4 Å². The predicted octanol–water partition coefficient (Wildman–Crippen LogP) is 5.34. The first-order valence-corrected chi connectivity index (χ1v) is 11.0. The molecule has 1 atom stereocenters. The van der Waals surface area contributed by atoms with E-state index in [1.165, 1.54) is 28.8 Å². The van der Waals surface area contributed by atoms with Crippen LogP contribution in [0.25, 0.3) is 0 Å². The monoisotopic (exact) mass is 492 g/mol. The van der Waals surface area contributed by atoms with Crippen LogP contribution < -0.4 is 10.2 Å². The smallest absolute Gasteiger partial charge is 0.251 e. The summed E-state index contributed by atoms with van der Waals surface area (Å²) < 4.78 is 68.1. The third-order valence-corrected chi connectivity index (χ3v) is 6.38. The highest BCUT2D eigenvalue weighted by Gasteiger charge is 2.31. The van der Waals surface area contributed by atoms with Crippen LogP contribution in [0.5, 0.6) is 0 Å². The molecule has 3 aromatic rings. The van der Waals surface area contributed by atoms with E-state index in [4.69, 9.17) is 0 Å². The van der Waals surface area contributed by atoms with Gasteiger partial charge in [0, 0.05) is 40.8 Å². The molecule has 0 aromatic heterocycles. The molecule has 1 aliphatic rings. The summed E-state index contributed by atoms with van der Waals surface area (Å²) in [5.74, 6) is -5.89. The number of thioether (sulfide) groups is 1. The molecule has 1 aliphatic heterocycles. The summed E-state index contributed by atoms with van der Waals surface area (Å²) >= 11 is 1.27. The number of nitrogens with one attached hydrogen (secondary N) is 1. The SMILES string of the molecule is CC1Sc2ccc(C(=O)NCc3c(F)cc(F)cc3F)cc2N(Cc2cc(F)cc(F)c2)C1=O. The maximum Gasteiger partial charge on any atom is 0.251 e. The molecule has 0 bridgehead atoms. The number of nitrogens with zero attached hydrogens (tertiary/aromatic N) is 1. The van der Waals surface area contributed by atoms with Crippen molar-refractivity contribution in [2.45, 2.75) is 30.2 Å². The number of fused-ring (bicyclic) bond motifs is 1. The number of carbonyl (C=O) groups is 2. The van der Waals surface area contributed by atoms with Gasteiger partial charge in [-0.15, -0.1) is 11.8 Å². The van der Waals surface area contributed by atoms with Crippen molar-refractivity contribution in [2.24, 2.45) is 0 Å². The minimum absolute atomic E-state index is 0.0973. The van der Waals surface area contributed by atoms with E-state index >= 15 is 0 Å². The van der Waals surface area contributed by atoms with Crippen molar-refractivity contribution >= 4 is 29.3 Å². The van der Waals surface area contributed by atoms with Crippen molar-refractivity contribution in [1.82, 2.24) is 5.32 Å². The van der Waals surface area contributed by atoms with Crippen LogP contribution in [0.1, 0.15) is 28.4 Å². The van der Waals surface area contributed by atoms with Gasteiger partial charge in [0.2, 0.25) is 5.91 Å².